The fraction of sp³-hybridized carbons (Fsp3) is 0.125. The number of nitrogens with one attached hydrogen (secondary N) is 1. The summed E-state index contributed by atoms with van der Waals surface area (Å²) < 4.78 is 0. The average molecular weight is 249 g/mol. The summed E-state index contributed by atoms with van der Waals surface area (Å²) in [5.41, 5.74) is 5.55. The van der Waals surface area contributed by atoms with Gasteiger partial charge in [-0.25, -0.2) is 4.98 Å². The number of imidazole rings is 1. The second-order valence-corrected chi connectivity index (χ2v) is 4.74. The highest BCUT2D eigenvalue weighted by atomic mass is 14.9. The third-order valence-corrected chi connectivity index (χ3v) is 3.02. The van der Waals surface area contributed by atoms with Gasteiger partial charge in [-0.2, -0.15) is 0 Å². The van der Waals surface area contributed by atoms with E-state index in [1.165, 1.54) is 11.1 Å². The third-order valence-electron chi connectivity index (χ3n) is 3.02. The van der Waals surface area contributed by atoms with Crippen LogP contribution in [0.5, 0.6) is 0 Å². The van der Waals surface area contributed by atoms with E-state index in [2.05, 4.69) is 47.0 Å². The van der Waals surface area contributed by atoms with Crippen LogP contribution in [0.25, 0.3) is 22.8 Å². The van der Waals surface area contributed by atoms with Crippen molar-refractivity contribution in [3.05, 3.63) is 59.9 Å². The number of H-pyrrole nitrogens is 1. The number of pyridine rings is 1. The van der Waals surface area contributed by atoms with Gasteiger partial charge >= 0.3 is 0 Å². The molecule has 0 aliphatic carbocycles. The maximum Gasteiger partial charge on any atom is 0.156 e. The summed E-state index contributed by atoms with van der Waals surface area (Å²) in [4.78, 5) is 12.0. The van der Waals surface area contributed by atoms with Crippen LogP contribution in [0.15, 0.2) is 48.8 Å². The number of benzene rings is 1. The highest BCUT2D eigenvalue weighted by Gasteiger charge is 2.06. The number of aromatic amines is 1. The number of hydrogen-bond donors (Lipinski definition) is 1. The molecule has 3 nitrogen and oxygen atoms in total. The monoisotopic (exact) mass is 249 g/mol. The van der Waals surface area contributed by atoms with Gasteiger partial charge in [0.1, 0.15) is 5.69 Å². The largest absolute Gasteiger partial charge is 0.337 e. The van der Waals surface area contributed by atoms with Gasteiger partial charge in [-0.3, -0.25) is 4.98 Å². The van der Waals surface area contributed by atoms with Crippen LogP contribution in [-0.2, 0) is 0 Å². The van der Waals surface area contributed by atoms with Crippen LogP contribution >= 0.6 is 0 Å². The van der Waals surface area contributed by atoms with E-state index in [1.807, 2.05) is 24.4 Å². The topological polar surface area (TPSA) is 41.6 Å². The molecule has 19 heavy (non-hydrogen) atoms. The molecule has 0 saturated heterocycles. The summed E-state index contributed by atoms with van der Waals surface area (Å²) in [6.07, 6.45) is 3.63. The van der Waals surface area contributed by atoms with Gasteiger partial charge in [-0.15, -0.1) is 0 Å². The lowest BCUT2D eigenvalue weighted by Crippen LogP contribution is -1.85. The van der Waals surface area contributed by atoms with Gasteiger partial charge in [-0.1, -0.05) is 23.3 Å². The molecule has 0 saturated carbocycles. The predicted octanol–water partition coefficient (Wildman–Crippen LogP) is 3.76. The molecule has 0 aliphatic rings. The Bertz CT molecular complexity index is 679. The van der Waals surface area contributed by atoms with Crippen molar-refractivity contribution >= 4 is 0 Å². The molecule has 3 aromatic rings. The van der Waals surface area contributed by atoms with E-state index in [0.717, 1.165) is 22.8 Å². The van der Waals surface area contributed by atoms with E-state index in [0.29, 0.717) is 0 Å². The van der Waals surface area contributed by atoms with E-state index in [4.69, 9.17) is 0 Å². The minimum absolute atomic E-state index is 0.801. The van der Waals surface area contributed by atoms with Crippen LogP contribution in [0.2, 0.25) is 0 Å². The summed E-state index contributed by atoms with van der Waals surface area (Å²) in [6, 6.07) is 12.3. The zero-order valence-electron chi connectivity index (χ0n) is 11.0. The maximum atomic E-state index is 4.40. The lowest BCUT2D eigenvalue weighted by atomic mass is 10.1. The first-order chi connectivity index (χ1) is 9.22. The Hall–Kier alpha value is -2.42. The van der Waals surface area contributed by atoms with E-state index >= 15 is 0 Å². The normalized spacial score (nSPS) is 10.6. The lowest BCUT2D eigenvalue weighted by Gasteiger charge is -2.02. The summed E-state index contributed by atoms with van der Waals surface area (Å²) in [6.45, 7) is 4.21. The van der Waals surface area contributed by atoms with E-state index in [1.54, 1.807) is 6.20 Å². The average Bonchev–Trinajstić information content (AvgIpc) is 2.88. The van der Waals surface area contributed by atoms with Crippen molar-refractivity contribution in [1.29, 1.82) is 0 Å². The molecule has 1 N–H and O–H groups in total. The molecule has 3 heteroatoms. The van der Waals surface area contributed by atoms with Crippen molar-refractivity contribution in [2.24, 2.45) is 0 Å². The van der Waals surface area contributed by atoms with Crippen LogP contribution in [0.1, 0.15) is 11.1 Å². The molecule has 0 amide bonds. The summed E-state index contributed by atoms with van der Waals surface area (Å²) in [5.74, 6) is 0.801. The number of hydrogen-bond acceptors (Lipinski definition) is 2. The first-order valence-electron chi connectivity index (χ1n) is 6.27. The molecule has 0 radical (unpaired) electrons. The van der Waals surface area contributed by atoms with Crippen LogP contribution in [-0.4, -0.2) is 15.0 Å². The quantitative estimate of drug-likeness (QED) is 0.751. The first-order valence-corrected chi connectivity index (χ1v) is 6.27. The fourth-order valence-electron chi connectivity index (χ4n) is 2.23. The summed E-state index contributed by atoms with van der Waals surface area (Å²) in [5, 5.41) is 0. The van der Waals surface area contributed by atoms with Crippen molar-refractivity contribution in [2.75, 3.05) is 0 Å². The Labute approximate surface area is 112 Å². The molecule has 0 unspecified atom stereocenters. The Morgan fingerprint density at radius 1 is 0.947 bits per heavy atom. The fourth-order valence-corrected chi connectivity index (χ4v) is 2.23. The molecule has 94 valence electrons. The third kappa shape index (κ3) is 2.40. The van der Waals surface area contributed by atoms with Crippen molar-refractivity contribution in [3.63, 3.8) is 0 Å². The first kappa shape index (κ1) is 11.7. The molecule has 0 fully saturated rings. The van der Waals surface area contributed by atoms with E-state index < -0.39 is 0 Å². The molecule has 2 aromatic heterocycles. The SMILES string of the molecule is Cc1cc(C)cc(-c2cnc(-c3ccccn3)[nH]2)c1. The van der Waals surface area contributed by atoms with Gasteiger partial charge in [0.25, 0.3) is 0 Å². The molecule has 0 atom stereocenters. The van der Waals surface area contributed by atoms with Gasteiger partial charge in [0.05, 0.1) is 11.9 Å². The maximum absolute atomic E-state index is 4.40. The highest BCUT2D eigenvalue weighted by Crippen LogP contribution is 2.23. The molecule has 0 bridgehead atoms. The number of nitrogens with zero attached hydrogens (tertiary/aromatic N) is 2. The predicted molar refractivity (Wildman–Crippen MR) is 76.7 cm³/mol. The molecule has 3 rings (SSSR count). The minimum atomic E-state index is 0.801. The molecular weight excluding hydrogens is 234 g/mol. The minimum Gasteiger partial charge on any atom is -0.337 e. The molecule has 0 spiro atoms. The number of rotatable bonds is 2. The standard InChI is InChI=1S/C16H15N3/c1-11-7-12(2)9-13(8-11)15-10-18-16(19-15)14-5-3-4-6-17-14/h3-10H,1-2H3,(H,18,19). The van der Waals surface area contributed by atoms with Crippen LogP contribution < -0.4 is 0 Å². The van der Waals surface area contributed by atoms with Crippen molar-refractivity contribution < 1.29 is 0 Å². The van der Waals surface area contributed by atoms with Gasteiger partial charge in [-0.05, 0) is 38.1 Å². The molecule has 2 heterocycles. The zero-order chi connectivity index (χ0) is 13.2. The van der Waals surface area contributed by atoms with Crippen molar-refractivity contribution in [2.45, 2.75) is 13.8 Å². The highest BCUT2D eigenvalue weighted by molar-refractivity contribution is 5.64. The van der Waals surface area contributed by atoms with Crippen molar-refractivity contribution in [3.8, 4) is 22.8 Å². The van der Waals surface area contributed by atoms with Crippen molar-refractivity contribution in [1.82, 2.24) is 15.0 Å². The van der Waals surface area contributed by atoms with Gasteiger partial charge in [0, 0.05) is 11.8 Å². The molecule has 1 aromatic carbocycles. The number of aromatic nitrogens is 3. The Morgan fingerprint density at radius 2 is 1.74 bits per heavy atom. The molecular formula is C16H15N3. The second-order valence-electron chi connectivity index (χ2n) is 4.74. The number of aryl methyl sites for hydroxylation is 2. The molecule has 0 aliphatic heterocycles. The summed E-state index contributed by atoms with van der Waals surface area (Å²) in [7, 11) is 0. The van der Waals surface area contributed by atoms with Gasteiger partial charge in [0.2, 0.25) is 0 Å². The zero-order valence-corrected chi connectivity index (χ0v) is 11.0. The summed E-state index contributed by atoms with van der Waals surface area (Å²) >= 11 is 0. The van der Waals surface area contributed by atoms with E-state index in [-0.39, 0.29) is 0 Å². The van der Waals surface area contributed by atoms with E-state index in [9.17, 15) is 0 Å². The Kier molecular flexibility index (Phi) is 2.88. The van der Waals surface area contributed by atoms with Crippen LogP contribution in [0, 0.1) is 13.8 Å². The Morgan fingerprint density at radius 3 is 2.42 bits per heavy atom. The van der Waals surface area contributed by atoms with Gasteiger partial charge in [0.15, 0.2) is 5.82 Å². The second kappa shape index (κ2) is 4.69. The lowest BCUT2D eigenvalue weighted by molar-refractivity contribution is 1.22. The smallest absolute Gasteiger partial charge is 0.156 e. The van der Waals surface area contributed by atoms with Gasteiger partial charge < -0.3 is 4.98 Å². The Balaban J connectivity index is 2.02. The van der Waals surface area contributed by atoms with Crippen LogP contribution in [0.4, 0.5) is 0 Å². The van der Waals surface area contributed by atoms with Crippen LogP contribution in [0.3, 0.4) is 0 Å².